The van der Waals surface area contributed by atoms with Crippen molar-refractivity contribution in [2.45, 2.75) is 10.1 Å². The third-order valence-electron chi connectivity index (χ3n) is 2.85. The predicted molar refractivity (Wildman–Crippen MR) is 81.8 cm³/mol. The number of aromatic nitrogens is 4. The van der Waals surface area contributed by atoms with Gasteiger partial charge in [0.25, 0.3) is 0 Å². The van der Waals surface area contributed by atoms with Gasteiger partial charge in [-0.15, -0.1) is 5.10 Å². The van der Waals surface area contributed by atoms with Gasteiger partial charge in [-0.25, -0.2) is 9.89 Å². The van der Waals surface area contributed by atoms with E-state index < -0.39 is 0 Å². The highest BCUT2D eigenvalue weighted by Gasteiger charge is 2.11. The van der Waals surface area contributed by atoms with Crippen LogP contribution in [0.25, 0.3) is 10.9 Å². The van der Waals surface area contributed by atoms with Crippen molar-refractivity contribution in [2.24, 2.45) is 7.05 Å². The predicted octanol–water partition coefficient (Wildman–Crippen LogP) is 2.15. The van der Waals surface area contributed by atoms with Gasteiger partial charge in [-0.2, -0.15) is 0 Å². The lowest BCUT2D eigenvalue weighted by Crippen LogP contribution is -2.12. The minimum atomic E-state index is -0.247. The number of hydrogen-bond donors (Lipinski definition) is 2. The van der Waals surface area contributed by atoms with Crippen LogP contribution in [0.15, 0.2) is 43.7 Å². The maximum atomic E-state index is 11.4. The normalized spacial score (nSPS) is 11.1. The second-order valence-corrected chi connectivity index (χ2v) is 6.10. The van der Waals surface area contributed by atoms with E-state index in [1.807, 2.05) is 18.2 Å². The number of pyridine rings is 1. The van der Waals surface area contributed by atoms with Gasteiger partial charge in [-0.05, 0) is 45.9 Å². The number of aromatic amines is 1. The van der Waals surface area contributed by atoms with Gasteiger partial charge in [0, 0.05) is 33.7 Å². The van der Waals surface area contributed by atoms with Crippen molar-refractivity contribution in [3.63, 3.8) is 0 Å². The molecule has 102 valence electrons. The van der Waals surface area contributed by atoms with Gasteiger partial charge in [0.2, 0.25) is 0 Å². The Hall–Kier alpha value is -1.80. The van der Waals surface area contributed by atoms with Crippen LogP contribution < -0.4 is 11.4 Å². The second-order valence-electron chi connectivity index (χ2n) is 4.18. The zero-order chi connectivity index (χ0) is 14.3. The van der Waals surface area contributed by atoms with Gasteiger partial charge in [-0.1, -0.05) is 0 Å². The fraction of sp³-hybridized carbons (Fsp3) is 0.0833. The van der Waals surface area contributed by atoms with Crippen LogP contribution in [-0.2, 0) is 7.05 Å². The molecule has 0 spiro atoms. The molecule has 8 heteroatoms. The second kappa shape index (κ2) is 4.95. The molecule has 0 saturated heterocycles. The van der Waals surface area contributed by atoms with Crippen LogP contribution >= 0.6 is 27.7 Å². The highest BCUT2D eigenvalue weighted by atomic mass is 79.9. The molecule has 1 aromatic carbocycles. The van der Waals surface area contributed by atoms with E-state index in [0.717, 1.165) is 20.3 Å². The number of nitrogens with one attached hydrogen (secondary N) is 1. The molecule has 0 radical (unpaired) electrons. The van der Waals surface area contributed by atoms with E-state index in [1.54, 1.807) is 13.2 Å². The number of H-pyrrole nitrogens is 1. The Labute approximate surface area is 126 Å². The van der Waals surface area contributed by atoms with E-state index >= 15 is 0 Å². The van der Waals surface area contributed by atoms with Crippen LogP contribution in [0.5, 0.6) is 0 Å². The van der Waals surface area contributed by atoms with Gasteiger partial charge in [0.1, 0.15) is 0 Å². The summed E-state index contributed by atoms with van der Waals surface area (Å²) in [6.45, 7) is 0. The summed E-state index contributed by atoms with van der Waals surface area (Å²) in [5, 5.41) is 7.83. The summed E-state index contributed by atoms with van der Waals surface area (Å²) in [5.74, 6) is 0. The van der Waals surface area contributed by atoms with E-state index in [0.29, 0.717) is 10.8 Å². The zero-order valence-electron chi connectivity index (χ0n) is 10.4. The maximum absolute atomic E-state index is 11.4. The molecule has 0 saturated carbocycles. The van der Waals surface area contributed by atoms with Crippen LogP contribution in [-0.4, -0.2) is 19.7 Å². The molecule has 0 bridgehead atoms. The van der Waals surface area contributed by atoms with Gasteiger partial charge >= 0.3 is 5.69 Å². The lowest BCUT2D eigenvalue weighted by molar-refractivity contribution is 0.766. The molecule has 2 aromatic heterocycles. The third-order valence-corrected chi connectivity index (χ3v) is 4.38. The number of nitrogens with two attached hydrogens (primary N) is 1. The summed E-state index contributed by atoms with van der Waals surface area (Å²) in [6.07, 6.45) is 1.72. The first-order valence-corrected chi connectivity index (χ1v) is 7.30. The standard InChI is InChI=1S/C12H10BrN5OS/c1-18-11(19)16-17-12(18)20-9-3-2-8(14)7-4-6(13)5-15-10(7)9/h2-5H,14H2,1H3,(H,16,19). The minimum absolute atomic E-state index is 0.247. The lowest BCUT2D eigenvalue weighted by atomic mass is 10.2. The smallest absolute Gasteiger partial charge is 0.343 e. The SMILES string of the molecule is Cn1c(Sc2ccc(N)c3cc(Br)cnc23)n[nH]c1=O. The van der Waals surface area contributed by atoms with E-state index in [4.69, 9.17) is 5.73 Å². The first-order valence-electron chi connectivity index (χ1n) is 5.69. The monoisotopic (exact) mass is 351 g/mol. The van der Waals surface area contributed by atoms with Gasteiger partial charge in [-0.3, -0.25) is 9.55 Å². The number of benzene rings is 1. The molecule has 3 aromatic rings. The van der Waals surface area contributed by atoms with Crippen molar-refractivity contribution >= 4 is 44.3 Å². The van der Waals surface area contributed by atoms with Crippen molar-refractivity contribution in [3.8, 4) is 0 Å². The van der Waals surface area contributed by atoms with Crippen LogP contribution in [0.3, 0.4) is 0 Å². The number of hydrogen-bond acceptors (Lipinski definition) is 5. The molecule has 3 rings (SSSR count). The molecular formula is C12H10BrN5OS. The summed E-state index contributed by atoms with van der Waals surface area (Å²) in [6, 6.07) is 5.62. The summed E-state index contributed by atoms with van der Waals surface area (Å²) >= 11 is 4.75. The average Bonchev–Trinajstić information content (AvgIpc) is 2.74. The summed E-state index contributed by atoms with van der Waals surface area (Å²) in [7, 11) is 1.66. The molecule has 20 heavy (non-hydrogen) atoms. The molecule has 0 amide bonds. The van der Waals surface area contributed by atoms with Gasteiger partial charge in [0.05, 0.1) is 5.52 Å². The number of fused-ring (bicyclic) bond motifs is 1. The highest BCUT2D eigenvalue weighted by molar-refractivity contribution is 9.10. The molecule has 0 aliphatic heterocycles. The Balaban J connectivity index is 2.15. The molecule has 0 aliphatic rings. The van der Waals surface area contributed by atoms with Crippen molar-refractivity contribution in [2.75, 3.05) is 5.73 Å². The number of rotatable bonds is 2. The first kappa shape index (κ1) is 13.2. The fourth-order valence-corrected chi connectivity index (χ4v) is 3.03. The Kier molecular flexibility index (Phi) is 3.27. The Bertz CT molecular complexity index is 857. The van der Waals surface area contributed by atoms with Gasteiger partial charge < -0.3 is 5.73 Å². The van der Waals surface area contributed by atoms with Crippen molar-refractivity contribution < 1.29 is 0 Å². The van der Waals surface area contributed by atoms with Crippen molar-refractivity contribution in [1.82, 2.24) is 19.7 Å². The van der Waals surface area contributed by atoms with E-state index in [1.165, 1.54) is 16.3 Å². The first-order chi connectivity index (χ1) is 9.56. The number of nitrogens with zero attached hydrogens (tertiary/aromatic N) is 3. The minimum Gasteiger partial charge on any atom is -0.398 e. The fourth-order valence-electron chi connectivity index (χ4n) is 1.79. The molecular weight excluding hydrogens is 342 g/mol. The Morgan fingerprint density at radius 2 is 2.25 bits per heavy atom. The van der Waals surface area contributed by atoms with Crippen molar-refractivity contribution in [1.29, 1.82) is 0 Å². The summed E-state index contributed by atoms with van der Waals surface area (Å²) in [5.41, 5.74) is 7.17. The average molecular weight is 352 g/mol. The van der Waals surface area contributed by atoms with Crippen LogP contribution in [0, 0.1) is 0 Å². The van der Waals surface area contributed by atoms with Crippen molar-refractivity contribution in [3.05, 3.63) is 39.4 Å². The van der Waals surface area contributed by atoms with Gasteiger partial charge in [0.15, 0.2) is 5.16 Å². The molecule has 0 aliphatic carbocycles. The Morgan fingerprint density at radius 1 is 1.45 bits per heavy atom. The third kappa shape index (κ3) is 2.20. The van der Waals surface area contributed by atoms with Crippen LogP contribution in [0.4, 0.5) is 5.69 Å². The maximum Gasteiger partial charge on any atom is 0.343 e. The zero-order valence-corrected chi connectivity index (χ0v) is 12.8. The number of halogens is 1. The summed E-state index contributed by atoms with van der Waals surface area (Å²) in [4.78, 5) is 16.7. The highest BCUT2D eigenvalue weighted by Crippen LogP contribution is 2.34. The number of nitrogen functional groups attached to an aromatic ring is 1. The molecule has 0 fully saturated rings. The van der Waals surface area contributed by atoms with E-state index in [2.05, 4.69) is 31.1 Å². The molecule has 0 atom stereocenters. The van der Waals surface area contributed by atoms with E-state index in [-0.39, 0.29) is 5.69 Å². The number of anilines is 1. The molecule has 0 unspecified atom stereocenters. The topological polar surface area (TPSA) is 89.6 Å². The van der Waals surface area contributed by atoms with E-state index in [9.17, 15) is 4.79 Å². The quantitative estimate of drug-likeness (QED) is 0.690. The lowest BCUT2D eigenvalue weighted by Gasteiger charge is -2.07. The summed E-state index contributed by atoms with van der Waals surface area (Å²) < 4.78 is 2.32. The molecule has 2 heterocycles. The largest absolute Gasteiger partial charge is 0.398 e. The van der Waals surface area contributed by atoms with Crippen LogP contribution in [0.2, 0.25) is 0 Å². The molecule has 3 N–H and O–H groups in total. The van der Waals surface area contributed by atoms with Crippen LogP contribution in [0.1, 0.15) is 0 Å². The Morgan fingerprint density at radius 3 is 2.95 bits per heavy atom. The molecule has 6 nitrogen and oxygen atoms in total.